The number of hydrogen-bond acceptors (Lipinski definition) is 4. The Hall–Kier alpha value is -1.33. The van der Waals surface area contributed by atoms with Crippen LogP contribution >= 0.6 is 11.6 Å². The fraction of sp³-hybridized carbons (Fsp3) is 0.571. The summed E-state index contributed by atoms with van der Waals surface area (Å²) in [4.78, 5) is 18.2. The number of amides is 1. The summed E-state index contributed by atoms with van der Waals surface area (Å²) in [7, 11) is 1.78. The van der Waals surface area contributed by atoms with Crippen molar-refractivity contribution in [2.24, 2.45) is 0 Å². The molecule has 1 saturated heterocycles. The lowest BCUT2D eigenvalue weighted by atomic mass is 10.2. The van der Waals surface area contributed by atoms with Gasteiger partial charge in [-0.25, -0.2) is 4.98 Å². The van der Waals surface area contributed by atoms with Crippen molar-refractivity contribution in [1.82, 2.24) is 9.88 Å². The highest BCUT2D eigenvalue weighted by Gasteiger charge is 2.21. The largest absolute Gasteiger partial charge is 0.376 e. The highest BCUT2D eigenvalue weighted by atomic mass is 35.5. The monoisotopic (exact) mass is 297 g/mol. The van der Waals surface area contributed by atoms with Crippen LogP contribution in [0.1, 0.15) is 30.1 Å². The number of hydrogen-bond donors (Lipinski definition) is 1. The first kappa shape index (κ1) is 15.1. The third-order valence-electron chi connectivity index (χ3n) is 3.25. The van der Waals surface area contributed by atoms with Gasteiger partial charge in [-0.1, -0.05) is 11.6 Å². The number of likely N-dealkylation sites (N-methyl/N-ethyl adjacent to an activating group) is 1. The molecule has 1 atom stereocenters. The van der Waals surface area contributed by atoms with Crippen LogP contribution in [0.2, 0.25) is 5.15 Å². The van der Waals surface area contributed by atoms with E-state index in [-0.39, 0.29) is 12.0 Å². The number of carbonyl (C=O) groups is 1. The maximum Gasteiger partial charge on any atom is 0.253 e. The molecule has 0 spiro atoms. The van der Waals surface area contributed by atoms with Crippen molar-refractivity contribution in [3.05, 3.63) is 22.8 Å². The van der Waals surface area contributed by atoms with Crippen LogP contribution in [0.25, 0.3) is 0 Å². The summed E-state index contributed by atoms with van der Waals surface area (Å²) >= 11 is 5.96. The lowest BCUT2D eigenvalue weighted by Gasteiger charge is -2.21. The second-order valence-corrected chi connectivity index (χ2v) is 5.30. The molecule has 2 heterocycles. The van der Waals surface area contributed by atoms with E-state index in [1.807, 2.05) is 6.92 Å². The van der Waals surface area contributed by atoms with Gasteiger partial charge in [0.1, 0.15) is 11.0 Å². The first-order valence-electron chi connectivity index (χ1n) is 6.88. The Bertz CT molecular complexity index is 475. The van der Waals surface area contributed by atoms with Gasteiger partial charge in [-0.05, 0) is 31.9 Å². The van der Waals surface area contributed by atoms with Crippen molar-refractivity contribution in [2.75, 3.05) is 32.1 Å². The van der Waals surface area contributed by atoms with Crippen LogP contribution in [0.4, 0.5) is 5.82 Å². The minimum atomic E-state index is -0.0658. The number of halogens is 1. The van der Waals surface area contributed by atoms with Gasteiger partial charge < -0.3 is 15.0 Å². The SMILES string of the molecule is CCNc1cc(C(=O)N(C)CC2CCCO2)cc(Cl)n1. The van der Waals surface area contributed by atoms with Gasteiger partial charge in [0.05, 0.1) is 6.10 Å². The molecular weight excluding hydrogens is 278 g/mol. The van der Waals surface area contributed by atoms with Crippen molar-refractivity contribution in [3.63, 3.8) is 0 Å². The number of aromatic nitrogens is 1. The molecule has 1 unspecified atom stereocenters. The molecule has 1 amide bonds. The Morgan fingerprint density at radius 3 is 3.05 bits per heavy atom. The molecule has 20 heavy (non-hydrogen) atoms. The van der Waals surface area contributed by atoms with Crippen molar-refractivity contribution in [1.29, 1.82) is 0 Å². The van der Waals surface area contributed by atoms with Crippen LogP contribution in [-0.4, -0.2) is 48.6 Å². The van der Waals surface area contributed by atoms with E-state index in [0.29, 0.717) is 23.1 Å². The van der Waals surface area contributed by atoms with E-state index in [4.69, 9.17) is 16.3 Å². The predicted molar refractivity (Wildman–Crippen MR) is 79.3 cm³/mol. The summed E-state index contributed by atoms with van der Waals surface area (Å²) in [6.07, 6.45) is 2.23. The molecule has 2 rings (SSSR count). The van der Waals surface area contributed by atoms with Gasteiger partial charge >= 0.3 is 0 Å². The van der Waals surface area contributed by atoms with Crippen molar-refractivity contribution in [3.8, 4) is 0 Å². The highest BCUT2D eigenvalue weighted by Crippen LogP contribution is 2.18. The average Bonchev–Trinajstić information content (AvgIpc) is 2.90. The minimum Gasteiger partial charge on any atom is -0.376 e. The first-order valence-corrected chi connectivity index (χ1v) is 7.26. The summed E-state index contributed by atoms with van der Waals surface area (Å²) in [5, 5.41) is 3.38. The molecule has 5 nitrogen and oxygen atoms in total. The average molecular weight is 298 g/mol. The van der Waals surface area contributed by atoms with E-state index in [1.54, 1.807) is 24.1 Å². The van der Waals surface area contributed by atoms with E-state index in [2.05, 4.69) is 10.3 Å². The van der Waals surface area contributed by atoms with E-state index < -0.39 is 0 Å². The molecule has 0 aliphatic carbocycles. The molecule has 0 bridgehead atoms. The number of nitrogens with zero attached hydrogens (tertiary/aromatic N) is 2. The summed E-state index contributed by atoms with van der Waals surface area (Å²) in [5.74, 6) is 0.554. The number of nitrogens with one attached hydrogen (secondary N) is 1. The highest BCUT2D eigenvalue weighted by molar-refractivity contribution is 6.29. The number of ether oxygens (including phenoxy) is 1. The summed E-state index contributed by atoms with van der Waals surface area (Å²) < 4.78 is 5.55. The molecule has 6 heteroatoms. The van der Waals surface area contributed by atoms with Crippen LogP contribution in [0.3, 0.4) is 0 Å². The number of carbonyl (C=O) groups excluding carboxylic acids is 1. The van der Waals surface area contributed by atoms with Crippen LogP contribution in [0, 0.1) is 0 Å². The van der Waals surface area contributed by atoms with E-state index in [1.165, 1.54) is 0 Å². The summed E-state index contributed by atoms with van der Waals surface area (Å²) in [6.45, 7) is 4.09. The Morgan fingerprint density at radius 1 is 1.60 bits per heavy atom. The van der Waals surface area contributed by atoms with E-state index in [9.17, 15) is 4.79 Å². The van der Waals surface area contributed by atoms with Gasteiger partial charge in [-0.3, -0.25) is 4.79 Å². The molecule has 110 valence electrons. The molecule has 1 aromatic rings. The maximum atomic E-state index is 12.4. The first-order chi connectivity index (χ1) is 9.60. The Morgan fingerprint density at radius 2 is 2.40 bits per heavy atom. The van der Waals surface area contributed by atoms with Crippen LogP contribution in [0.15, 0.2) is 12.1 Å². The molecule has 0 aromatic carbocycles. The smallest absolute Gasteiger partial charge is 0.253 e. The van der Waals surface area contributed by atoms with Gasteiger partial charge in [0.15, 0.2) is 0 Å². The Kier molecular flexibility index (Phi) is 5.20. The molecule has 1 fully saturated rings. The number of anilines is 1. The molecule has 0 saturated carbocycles. The summed E-state index contributed by atoms with van der Waals surface area (Å²) in [6, 6.07) is 3.32. The fourth-order valence-corrected chi connectivity index (χ4v) is 2.50. The molecule has 0 radical (unpaired) electrons. The topological polar surface area (TPSA) is 54.5 Å². The normalized spacial score (nSPS) is 18.1. The van der Waals surface area contributed by atoms with Crippen molar-refractivity contribution < 1.29 is 9.53 Å². The maximum absolute atomic E-state index is 12.4. The van der Waals surface area contributed by atoms with E-state index >= 15 is 0 Å². The summed E-state index contributed by atoms with van der Waals surface area (Å²) in [5.41, 5.74) is 0.543. The lowest BCUT2D eigenvalue weighted by Crippen LogP contribution is -2.34. The predicted octanol–water partition coefficient (Wildman–Crippen LogP) is 2.42. The van der Waals surface area contributed by atoms with Gasteiger partial charge in [0.2, 0.25) is 0 Å². The molecule has 1 N–H and O–H groups in total. The van der Waals surface area contributed by atoms with Crippen LogP contribution in [-0.2, 0) is 4.74 Å². The van der Waals surface area contributed by atoms with E-state index in [0.717, 1.165) is 26.0 Å². The lowest BCUT2D eigenvalue weighted by molar-refractivity contribution is 0.0587. The second kappa shape index (κ2) is 6.90. The zero-order valence-electron chi connectivity index (χ0n) is 11.9. The molecule has 1 aromatic heterocycles. The molecule has 1 aliphatic heterocycles. The van der Waals surface area contributed by atoms with Gasteiger partial charge in [-0.15, -0.1) is 0 Å². The number of rotatable bonds is 5. The zero-order chi connectivity index (χ0) is 14.5. The second-order valence-electron chi connectivity index (χ2n) is 4.91. The zero-order valence-corrected chi connectivity index (χ0v) is 12.6. The minimum absolute atomic E-state index is 0.0658. The third kappa shape index (κ3) is 3.84. The number of pyridine rings is 1. The van der Waals surface area contributed by atoms with Gasteiger partial charge in [0.25, 0.3) is 5.91 Å². The van der Waals surface area contributed by atoms with Gasteiger partial charge in [-0.2, -0.15) is 0 Å². The molecular formula is C14H20ClN3O2. The standard InChI is InChI=1S/C14H20ClN3O2/c1-3-16-13-8-10(7-12(15)17-13)14(19)18(2)9-11-5-4-6-20-11/h7-8,11H,3-6,9H2,1-2H3,(H,16,17). The van der Waals surface area contributed by atoms with Crippen molar-refractivity contribution in [2.45, 2.75) is 25.9 Å². The molecule has 1 aliphatic rings. The third-order valence-corrected chi connectivity index (χ3v) is 3.44. The Balaban J connectivity index is 2.06. The quantitative estimate of drug-likeness (QED) is 0.848. The van der Waals surface area contributed by atoms with Crippen LogP contribution in [0.5, 0.6) is 0 Å². The van der Waals surface area contributed by atoms with Gasteiger partial charge in [0, 0.05) is 32.3 Å². The van der Waals surface area contributed by atoms with Crippen molar-refractivity contribution >= 4 is 23.3 Å². The fourth-order valence-electron chi connectivity index (χ4n) is 2.29. The Labute approximate surface area is 124 Å². The van der Waals surface area contributed by atoms with Crippen LogP contribution < -0.4 is 5.32 Å².